The molecule has 0 saturated heterocycles. The number of aromatic nitrogens is 3. The van der Waals surface area contributed by atoms with Gasteiger partial charge in [-0.25, -0.2) is 9.78 Å². The van der Waals surface area contributed by atoms with Gasteiger partial charge in [0.15, 0.2) is 11.5 Å². The fourth-order valence-electron chi connectivity index (χ4n) is 1.31. The Hall–Kier alpha value is -1.88. The molecule has 0 atom stereocenters. The molecule has 0 aliphatic heterocycles. The summed E-state index contributed by atoms with van der Waals surface area (Å²) in [6.07, 6.45) is 1.48. The monoisotopic (exact) mass is 237 g/mol. The van der Waals surface area contributed by atoms with Crippen LogP contribution in [0.25, 0.3) is 11.5 Å². The molecule has 6 heteroatoms. The molecule has 0 saturated carbocycles. The maximum Gasteiger partial charge on any atom is 0.356 e. The van der Waals surface area contributed by atoms with Crippen LogP contribution < -0.4 is 0 Å². The first kappa shape index (κ1) is 10.6. The molecule has 2 N–H and O–H groups in total. The highest BCUT2D eigenvalue weighted by atomic mass is 35.5. The zero-order chi connectivity index (χ0) is 11.7. The molecule has 0 aliphatic carbocycles. The van der Waals surface area contributed by atoms with E-state index in [4.69, 9.17) is 16.7 Å². The Morgan fingerprint density at radius 2 is 2.25 bits per heavy atom. The molecule has 2 aromatic heterocycles. The highest BCUT2D eigenvalue weighted by Crippen LogP contribution is 2.17. The first-order valence-corrected chi connectivity index (χ1v) is 4.87. The minimum absolute atomic E-state index is 0.00625. The number of halogens is 1. The third-order valence-electron chi connectivity index (χ3n) is 2.06. The summed E-state index contributed by atoms with van der Waals surface area (Å²) in [4.78, 5) is 21.7. The molecular weight excluding hydrogens is 230 g/mol. The van der Waals surface area contributed by atoms with E-state index in [1.807, 2.05) is 0 Å². The van der Waals surface area contributed by atoms with Gasteiger partial charge in [0.05, 0.1) is 5.02 Å². The van der Waals surface area contributed by atoms with Crippen LogP contribution in [0, 0.1) is 6.92 Å². The van der Waals surface area contributed by atoms with Gasteiger partial charge in [0.2, 0.25) is 0 Å². The van der Waals surface area contributed by atoms with Crippen LogP contribution in [0.5, 0.6) is 0 Å². The number of carboxylic acid groups (broad SMARTS) is 1. The van der Waals surface area contributed by atoms with Crippen LogP contribution >= 0.6 is 11.6 Å². The number of nitrogens with zero attached hydrogens (tertiary/aromatic N) is 2. The molecule has 0 amide bonds. The van der Waals surface area contributed by atoms with Crippen LogP contribution in [0.4, 0.5) is 0 Å². The summed E-state index contributed by atoms with van der Waals surface area (Å²) < 4.78 is 0. The number of rotatable bonds is 2. The lowest BCUT2D eigenvalue weighted by Gasteiger charge is -1.94. The predicted octanol–water partition coefficient (Wildman–Crippen LogP) is 2.13. The third-order valence-corrected chi connectivity index (χ3v) is 2.28. The maximum absolute atomic E-state index is 10.8. The molecule has 5 nitrogen and oxygen atoms in total. The van der Waals surface area contributed by atoms with Crippen molar-refractivity contribution in [2.45, 2.75) is 6.92 Å². The van der Waals surface area contributed by atoms with E-state index < -0.39 is 5.97 Å². The van der Waals surface area contributed by atoms with E-state index in [0.29, 0.717) is 22.2 Å². The van der Waals surface area contributed by atoms with Crippen LogP contribution in [0.2, 0.25) is 5.02 Å². The Balaban J connectivity index is 2.45. The van der Waals surface area contributed by atoms with Crippen molar-refractivity contribution in [2.24, 2.45) is 0 Å². The molecule has 2 aromatic rings. The molecule has 16 heavy (non-hydrogen) atoms. The summed E-state index contributed by atoms with van der Waals surface area (Å²) in [5.41, 5.74) is 1.06. The molecule has 0 bridgehead atoms. The van der Waals surface area contributed by atoms with Crippen molar-refractivity contribution in [2.75, 3.05) is 0 Å². The van der Waals surface area contributed by atoms with Crippen molar-refractivity contribution in [3.63, 3.8) is 0 Å². The van der Waals surface area contributed by atoms with Gasteiger partial charge in [-0.1, -0.05) is 11.6 Å². The van der Waals surface area contributed by atoms with Gasteiger partial charge < -0.3 is 10.1 Å². The number of aromatic amines is 1. The van der Waals surface area contributed by atoms with Gasteiger partial charge in [0, 0.05) is 11.9 Å². The molecule has 0 unspecified atom stereocenters. The molecule has 0 aromatic carbocycles. The van der Waals surface area contributed by atoms with Gasteiger partial charge in [0.25, 0.3) is 0 Å². The summed E-state index contributed by atoms with van der Waals surface area (Å²) in [5.74, 6) is -0.638. The lowest BCUT2D eigenvalue weighted by atomic mass is 10.3. The average Bonchev–Trinajstić information content (AvgIpc) is 2.61. The Morgan fingerprint density at radius 3 is 2.75 bits per heavy atom. The van der Waals surface area contributed by atoms with Crippen molar-refractivity contribution < 1.29 is 9.90 Å². The largest absolute Gasteiger partial charge is 0.476 e. The normalized spacial score (nSPS) is 10.4. The molecule has 0 radical (unpaired) electrons. The van der Waals surface area contributed by atoms with Crippen LogP contribution in [0.15, 0.2) is 18.3 Å². The van der Waals surface area contributed by atoms with Crippen molar-refractivity contribution in [1.82, 2.24) is 15.0 Å². The Bertz CT molecular complexity index is 533. The zero-order valence-electron chi connectivity index (χ0n) is 8.36. The minimum atomic E-state index is -1.06. The smallest absolute Gasteiger partial charge is 0.356 e. The van der Waals surface area contributed by atoms with Gasteiger partial charge >= 0.3 is 5.97 Å². The number of aromatic carboxylic acids is 1. The van der Waals surface area contributed by atoms with Gasteiger partial charge in [-0.15, -0.1) is 0 Å². The lowest BCUT2D eigenvalue weighted by Crippen LogP contribution is -1.98. The predicted molar refractivity (Wildman–Crippen MR) is 58.5 cm³/mol. The number of aryl methyl sites for hydroxylation is 1. The fourth-order valence-corrected chi connectivity index (χ4v) is 1.42. The first-order valence-electron chi connectivity index (χ1n) is 4.50. The van der Waals surface area contributed by atoms with E-state index in [1.54, 1.807) is 19.1 Å². The van der Waals surface area contributed by atoms with E-state index in [9.17, 15) is 4.79 Å². The molecule has 0 aliphatic rings. The second-order valence-electron chi connectivity index (χ2n) is 3.23. The number of hydrogen-bond donors (Lipinski definition) is 2. The summed E-state index contributed by atoms with van der Waals surface area (Å²) >= 11 is 5.70. The standard InChI is InChI=1S/C10H8ClN3O2/c1-5-8(10(15)16)14-9(13-5)7-3-2-6(11)4-12-7/h2-4H,1H3,(H,13,14)(H,15,16). The number of hydrogen-bond acceptors (Lipinski definition) is 3. The molecule has 0 spiro atoms. The number of H-pyrrole nitrogens is 1. The SMILES string of the molecule is Cc1[nH]c(-c2ccc(Cl)cn2)nc1C(=O)O. The van der Waals surface area contributed by atoms with Gasteiger partial charge in [-0.05, 0) is 19.1 Å². The minimum Gasteiger partial charge on any atom is -0.476 e. The lowest BCUT2D eigenvalue weighted by molar-refractivity contribution is 0.0690. The van der Waals surface area contributed by atoms with Crippen LogP contribution in [0.3, 0.4) is 0 Å². The molecule has 2 heterocycles. The van der Waals surface area contributed by atoms with E-state index in [1.165, 1.54) is 6.20 Å². The van der Waals surface area contributed by atoms with E-state index in [0.717, 1.165) is 0 Å². The maximum atomic E-state index is 10.8. The highest BCUT2D eigenvalue weighted by Gasteiger charge is 2.14. The summed E-state index contributed by atoms with van der Waals surface area (Å²) in [7, 11) is 0. The molecule has 82 valence electrons. The number of carbonyl (C=O) groups is 1. The summed E-state index contributed by atoms with van der Waals surface area (Å²) in [6.45, 7) is 1.65. The molecular formula is C10H8ClN3O2. The topological polar surface area (TPSA) is 78.9 Å². The van der Waals surface area contributed by atoms with Gasteiger partial charge in [-0.3, -0.25) is 4.98 Å². The van der Waals surface area contributed by atoms with Gasteiger partial charge in [0.1, 0.15) is 5.69 Å². The van der Waals surface area contributed by atoms with Crippen molar-refractivity contribution in [1.29, 1.82) is 0 Å². The Labute approximate surface area is 96.1 Å². The quantitative estimate of drug-likeness (QED) is 0.839. The Morgan fingerprint density at radius 1 is 1.50 bits per heavy atom. The first-order chi connectivity index (χ1) is 7.58. The van der Waals surface area contributed by atoms with E-state index >= 15 is 0 Å². The molecule has 0 fully saturated rings. The van der Waals surface area contributed by atoms with E-state index in [-0.39, 0.29) is 5.69 Å². The number of pyridine rings is 1. The van der Waals surface area contributed by atoms with Crippen molar-refractivity contribution in [3.8, 4) is 11.5 Å². The summed E-state index contributed by atoms with van der Waals surface area (Å²) in [6, 6.07) is 3.34. The van der Waals surface area contributed by atoms with Crippen molar-refractivity contribution >= 4 is 17.6 Å². The Kier molecular flexibility index (Phi) is 2.62. The second-order valence-corrected chi connectivity index (χ2v) is 3.66. The average molecular weight is 238 g/mol. The zero-order valence-corrected chi connectivity index (χ0v) is 9.12. The van der Waals surface area contributed by atoms with Crippen LogP contribution in [0.1, 0.15) is 16.2 Å². The highest BCUT2D eigenvalue weighted by molar-refractivity contribution is 6.30. The third kappa shape index (κ3) is 1.90. The number of carboxylic acids is 1. The second kappa shape index (κ2) is 3.94. The number of nitrogens with one attached hydrogen (secondary N) is 1. The van der Waals surface area contributed by atoms with Crippen molar-refractivity contribution in [3.05, 3.63) is 34.7 Å². The molecule has 2 rings (SSSR count). The van der Waals surface area contributed by atoms with Crippen LogP contribution in [-0.2, 0) is 0 Å². The van der Waals surface area contributed by atoms with Gasteiger partial charge in [-0.2, -0.15) is 0 Å². The van der Waals surface area contributed by atoms with E-state index in [2.05, 4.69) is 15.0 Å². The van der Waals surface area contributed by atoms with Crippen LogP contribution in [-0.4, -0.2) is 26.0 Å². The fraction of sp³-hybridized carbons (Fsp3) is 0.100. The summed E-state index contributed by atoms with van der Waals surface area (Å²) in [5, 5.41) is 9.36. The number of imidazole rings is 1.